The Labute approximate surface area is 532 Å². The number of ether oxygens (including phenoxy) is 6. The number of benzene rings is 4. The maximum Gasteiger partial charge on any atom is 0.410 e. The average molecular weight is 1330 g/mol. The van der Waals surface area contributed by atoms with Crippen LogP contribution in [0.4, 0.5) is 31.1 Å². The molecule has 5 amide bonds. The first-order valence-electron chi connectivity index (χ1n) is 28.6. The Morgan fingerprint density at radius 1 is 0.578 bits per heavy atom. The van der Waals surface area contributed by atoms with Gasteiger partial charge in [0, 0.05) is 100 Å². The molecule has 2 heterocycles. The molecule has 5 N–H and O–H groups in total. The first-order valence-corrected chi connectivity index (χ1v) is 30.7. The maximum atomic E-state index is 14.5. The van der Waals surface area contributed by atoms with E-state index in [9.17, 15) is 64.7 Å². The van der Waals surface area contributed by atoms with Crippen molar-refractivity contribution in [1.82, 2.24) is 25.8 Å². The highest BCUT2D eigenvalue weighted by Crippen LogP contribution is 2.29. The van der Waals surface area contributed by atoms with E-state index in [4.69, 9.17) is 34.2 Å². The predicted octanol–water partition coefficient (Wildman–Crippen LogP) is 8.19. The summed E-state index contributed by atoms with van der Waals surface area (Å²) < 4.78 is 114. The smallest absolute Gasteiger partial charge is 0.410 e. The molecule has 0 bridgehead atoms. The number of thioether (sulfide) groups is 2. The van der Waals surface area contributed by atoms with Crippen LogP contribution in [0.25, 0.3) is 0 Å². The second kappa shape index (κ2) is 36.4. The van der Waals surface area contributed by atoms with Gasteiger partial charge in [-0.2, -0.15) is 0 Å². The van der Waals surface area contributed by atoms with Crippen LogP contribution in [0.5, 0.6) is 11.5 Å². The minimum absolute atomic E-state index is 0. The van der Waals surface area contributed by atoms with Crippen LogP contribution in [0.1, 0.15) is 90.5 Å². The van der Waals surface area contributed by atoms with Crippen LogP contribution in [0, 0.1) is 46.7 Å². The molecule has 2 aliphatic heterocycles. The van der Waals surface area contributed by atoms with E-state index in [1.807, 2.05) is 27.7 Å². The Hall–Kier alpha value is -7.43. The Bertz CT molecular complexity index is 3110. The van der Waals surface area contributed by atoms with Crippen LogP contribution in [0.3, 0.4) is 0 Å². The molecule has 4 aromatic rings. The lowest BCUT2D eigenvalue weighted by atomic mass is 10.0. The zero-order chi connectivity index (χ0) is 65.6. The lowest BCUT2D eigenvalue weighted by Crippen LogP contribution is -2.47. The van der Waals surface area contributed by atoms with Gasteiger partial charge in [-0.05, 0) is 85.3 Å². The van der Waals surface area contributed by atoms with Gasteiger partial charge in [0.2, 0.25) is 18.1 Å². The molecule has 29 heteroatoms. The standard InChI is InChI=1S/C33H40F3N3O9S.C28H34F3N3O5S.ClH/c1-6-45-32(43)29(18(2)3)48-24-9-7-21(8-10-24)17-37-30(42)31-39(11-12-49-31)28(41)15-23(38-33(44)47-20(5)46-19(4)40)13-22-14-26(35)27(36)16-25(22)34;1-4-38-28(37)25(16(2)3)39-20-7-5-17(6-8-20)15-33-26(36)27-34(9-10-40-27)24(35)13-19(32)11-18-12-22(30)23(31)14-21(18)29;/h7-10,14,16,18,20,23,29,31H,6,11-13,15,17H2,1-5H3,(H,37,42)(H,38,44);5-8,12,14,16,19,25,27H,4,9-11,13,15,32H2,1-3H3,(H,33,36);1H/t20?,23-,29?,31?;19-,25?,27?;/m11./s1. The molecule has 0 radical (unpaired) electrons. The summed E-state index contributed by atoms with van der Waals surface area (Å²) in [6.45, 7) is 14.6. The molecule has 0 spiro atoms. The van der Waals surface area contributed by atoms with Gasteiger partial charge in [-0.3, -0.25) is 24.0 Å². The van der Waals surface area contributed by atoms with Crippen molar-refractivity contribution in [3.63, 3.8) is 0 Å². The SMILES string of the molecule is CCOC(=O)C(Oc1ccc(CNC(=O)C2SCCN2C(=O)C[C@@H](Cc2cc(F)c(F)cc2F)NC(=O)OC(C)OC(C)=O)cc1)C(C)C.CCOC(=O)C(Oc1ccc(CNC(=O)C2SCCN2C(=O)C[C@H](N)Cc2cc(F)c(F)cc2F)cc1)C(C)C.Cl. The molecule has 90 heavy (non-hydrogen) atoms. The van der Waals surface area contributed by atoms with E-state index >= 15 is 0 Å². The highest BCUT2D eigenvalue weighted by Gasteiger charge is 2.38. The molecular formula is C61H75ClF6N6O14S2. The van der Waals surface area contributed by atoms with Crippen molar-refractivity contribution in [1.29, 1.82) is 0 Å². The molecule has 7 atom stereocenters. The molecule has 2 aliphatic rings. The summed E-state index contributed by atoms with van der Waals surface area (Å²) in [6, 6.07) is 13.8. The zero-order valence-corrected chi connectivity index (χ0v) is 53.2. The molecular weight excluding hydrogens is 1250 g/mol. The minimum atomic E-state index is -1.41. The fourth-order valence-corrected chi connectivity index (χ4v) is 11.3. The maximum absolute atomic E-state index is 14.5. The molecule has 6 rings (SSSR count). The normalized spacial score (nSPS) is 16.0. The molecule has 0 aromatic heterocycles. The lowest BCUT2D eigenvalue weighted by Gasteiger charge is -2.26. The van der Waals surface area contributed by atoms with Crippen molar-refractivity contribution >= 4 is 83.6 Å². The van der Waals surface area contributed by atoms with E-state index in [0.29, 0.717) is 47.7 Å². The third-order valence-corrected chi connectivity index (χ3v) is 15.7. The Morgan fingerprint density at radius 2 is 0.978 bits per heavy atom. The number of alkyl carbamates (subject to hydrolysis) is 1. The summed E-state index contributed by atoms with van der Waals surface area (Å²) in [4.78, 5) is 103. The van der Waals surface area contributed by atoms with Crippen molar-refractivity contribution in [3.8, 4) is 11.5 Å². The fraction of sp³-hybridized carbons (Fsp3) is 0.475. The van der Waals surface area contributed by atoms with E-state index in [1.165, 1.54) is 40.2 Å². The van der Waals surface area contributed by atoms with E-state index in [1.54, 1.807) is 62.4 Å². The van der Waals surface area contributed by atoms with Gasteiger partial charge in [-0.25, -0.2) is 40.7 Å². The second-order valence-electron chi connectivity index (χ2n) is 21.1. The van der Waals surface area contributed by atoms with Crippen LogP contribution >= 0.6 is 35.9 Å². The molecule has 2 saturated heterocycles. The molecule has 4 aromatic carbocycles. The Kier molecular flexibility index (Phi) is 30.4. The summed E-state index contributed by atoms with van der Waals surface area (Å²) in [6.07, 6.45) is -5.16. The number of nitrogens with zero attached hydrogens (tertiary/aromatic N) is 2. The quantitative estimate of drug-likeness (QED) is 0.0144. The molecule has 20 nitrogen and oxygen atoms in total. The summed E-state index contributed by atoms with van der Waals surface area (Å²) in [7, 11) is 0. The van der Waals surface area contributed by atoms with E-state index < -0.39 is 125 Å². The second-order valence-corrected chi connectivity index (χ2v) is 23.5. The number of hydrogen-bond acceptors (Lipinski definition) is 17. The topological polar surface area (TPSA) is 261 Å². The first-order chi connectivity index (χ1) is 42.2. The Morgan fingerprint density at radius 3 is 1.38 bits per heavy atom. The molecule has 2 fully saturated rings. The van der Waals surface area contributed by atoms with Crippen molar-refractivity contribution in [2.75, 3.05) is 37.8 Å². The van der Waals surface area contributed by atoms with Gasteiger partial charge < -0.3 is 59.9 Å². The number of rotatable bonds is 27. The Balaban J connectivity index is 0.000000388. The first kappa shape index (κ1) is 75.0. The van der Waals surface area contributed by atoms with Crippen LogP contribution in [0.2, 0.25) is 0 Å². The fourth-order valence-electron chi connectivity index (χ4n) is 8.98. The molecule has 5 unspecified atom stereocenters. The van der Waals surface area contributed by atoms with Crippen LogP contribution in [0.15, 0.2) is 72.8 Å². The van der Waals surface area contributed by atoms with Gasteiger partial charge in [0.05, 0.1) is 13.2 Å². The van der Waals surface area contributed by atoms with Crippen LogP contribution in [-0.4, -0.2) is 137 Å². The minimum Gasteiger partial charge on any atom is -0.478 e. The number of esters is 3. The number of carbonyl (C=O) groups is 8. The molecule has 494 valence electrons. The van der Waals surface area contributed by atoms with E-state index in [0.717, 1.165) is 24.1 Å². The van der Waals surface area contributed by atoms with Crippen LogP contribution < -0.4 is 31.2 Å². The third-order valence-electron chi connectivity index (χ3n) is 13.3. The number of halogens is 7. The molecule has 0 saturated carbocycles. The summed E-state index contributed by atoms with van der Waals surface area (Å²) in [5, 5.41) is 6.34. The van der Waals surface area contributed by atoms with Crippen molar-refractivity contribution in [3.05, 3.63) is 130 Å². The number of carbonyl (C=O) groups excluding carboxylic acids is 8. The number of nitrogens with one attached hydrogen (secondary N) is 3. The van der Waals surface area contributed by atoms with Crippen molar-refractivity contribution in [2.24, 2.45) is 17.6 Å². The molecule has 0 aliphatic carbocycles. The van der Waals surface area contributed by atoms with E-state index in [-0.39, 0.29) is 92.9 Å². The van der Waals surface area contributed by atoms with E-state index in [2.05, 4.69) is 16.0 Å². The van der Waals surface area contributed by atoms with Crippen LogP contribution in [-0.2, 0) is 78.4 Å². The van der Waals surface area contributed by atoms with Gasteiger partial charge in [0.25, 0.3) is 11.8 Å². The van der Waals surface area contributed by atoms with Crippen molar-refractivity contribution in [2.45, 2.75) is 135 Å². The van der Waals surface area contributed by atoms with Gasteiger partial charge in [0.15, 0.2) is 46.2 Å². The lowest BCUT2D eigenvalue weighted by molar-refractivity contribution is -0.162. The summed E-state index contributed by atoms with van der Waals surface area (Å²) in [5.74, 6) is -8.91. The summed E-state index contributed by atoms with van der Waals surface area (Å²) in [5.41, 5.74) is 7.07. The number of nitrogens with two attached hydrogens (primary N) is 1. The van der Waals surface area contributed by atoms with Gasteiger partial charge in [-0.15, -0.1) is 35.9 Å². The third kappa shape index (κ3) is 23.1. The number of amides is 5. The van der Waals surface area contributed by atoms with Gasteiger partial charge in [0.1, 0.15) is 23.1 Å². The van der Waals surface area contributed by atoms with Gasteiger partial charge >= 0.3 is 24.0 Å². The predicted molar refractivity (Wildman–Crippen MR) is 323 cm³/mol. The zero-order valence-electron chi connectivity index (χ0n) is 50.8. The monoisotopic (exact) mass is 1330 g/mol. The van der Waals surface area contributed by atoms with Gasteiger partial charge in [-0.1, -0.05) is 52.0 Å². The van der Waals surface area contributed by atoms with Crippen molar-refractivity contribution < 1.29 is 93.1 Å². The summed E-state index contributed by atoms with van der Waals surface area (Å²) >= 11 is 2.54. The number of hydrogen-bond donors (Lipinski definition) is 4. The highest BCUT2D eigenvalue weighted by molar-refractivity contribution is 8.01. The largest absolute Gasteiger partial charge is 0.478 e. The highest BCUT2D eigenvalue weighted by atomic mass is 35.5. The average Bonchev–Trinajstić information content (AvgIpc) is 2.12.